The molecule has 0 aliphatic heterocycles. The van der Waals surface area contributed by atoms with E-state index in [1.165, 1.54) is 0 Å². The number of benzene rings is 1. The highest BCUT2D eigenvalue weighted by Crippen LogP contribution is 2.18. The Kier molecular flexibility index (Phi) is 3.15. The van der Waals surface area contributed by atoms with Gasteiger partial charge in [0, 0.05) is 16.6 Å². The Bertz CT molecular complexity index is 534. The van der Waals surface area contributed by atoms with Crippen LogP contribution < -0.4 is 5.73 Å². The lowest BCUT2D eigenvalue weighted by Gasteiger charge is -2.07. The van der Waals surface area contributed by atoms with Crippen molar-refractivity contribution in [1.82, 2.24) is 4.98 Å². The first-order valence-corrected chi connectivity index (χ1v) is 5.81. The molecule has 0 unspecified atom stereocenters. The molecule has 0 amide bonds. The molecule has 0 spiro atoms. The van der Waals surface area contributed by atoms with E-state index in [4.69, 9.17) is 18.0 Å². The Morgan fingerprint density at radius 3 is 2.81 bits per heavy atom. The van der Waals surface area contributed by atoms with Gasteiger partial charge in [-0.1, -0.05) is 43.8 Å². The minimum Gasteiger partial charge on any atom is -0.389 e. The molecule has 3 heteroatoms. The second-order valence-electron chi connectivity index (χ2n) is 3.79. The van der Waals surface area contributed by atoms with E-state index in [0.717, 1.165) is 35.0 Å². The zero-order chi connectivity index (χ0) is 11.5. The Morgan fingerprint density at radius 1 is 1.38 bits per heavy atom. The molecule has 16 heavy (non-hydrogen) atoms. The molecule has 0 aliphatic carbocycles. The predicted molar refractivity (Wildman–Crippen MR) is 71.6 cm³/mol. The molecule has 0 aliphatic rings. The number of hydrogen-bond acceptors (Lipinski definition) is 2. The van der Waals surface area contributed by atoms with E-state index < -0.39 is 0 Å². The van der Waals surface area contributed by atoms with Gasteiger partial charge in [0.2, 0.25) is 0 Å². The monoisotopic (exact) mass is 230 g/mol. The van der Waals surface area contributed by atoms with E-state index in [9.17, 15) is 0 Å². The van der Waals surface area contributed by atoms with Crippen molar-refractivity contribution >= 4 is 28.1 Å². The lowest BCUT2D eigenvalue weighted by atomic mass is 10.1. The number of thiocarbonyl (C=S) groups is 1. The van der Waals surface area contributed by atoms with Crippen LogP contribution in [0.1, 0.15) is 24.6 Å². The first kappa shape index (κ1) is 11.0. The highest BCUT2D eigenvalue weighted by molar-refractivity contribution is 7.80. The van der Waals surface area contributed by atoms with E-state index in [-0.39, 0.29) is 0 Å². The summed E-state index contributed by atoms with van der Waals surface area (Å²) >= 11 is 5.08. The fourth-order valence-corrected chi connectivity index (χ4v) is 1.99. The van der Waals surface area contributed by atoms with Gasteiger partial charge in [0.1, 0.15) is 4.99 Å². The molecule has 0 saturated heterocycles. The third kappa shape index (κ3) is 2.04. The fraction of sp³-hybridized carbons (Fsp3) is 0.231. The predicted octanol–water partition coefficient (Wildman–Crippen LogP) is 2.82. The van der Waals surface area contributed by atoms with Gasteiger partial charge in [0.05, 0.1) is 5.52 Å². The molecule has 2 nitrogen and oxygen atoms in total. The van der Waals surface area contributed by atoms with Crippen molar-refractivity contribution in [2.75, 3.05) is 0 Å². The number of aromatic nitrogens is 1. The summed E-state index contributed by atoms with van der Waals surface area (Å²) in [5.41, 5.74) is 8.71. The van der Waals surface area contributed by atoms with Gasteiger partial charge in [-0.25, -0.2) is 0 Å². The second-order valence-corrected chi connectivity index (χ2v) is 4.23. The number of fused-ring (bicyclic) bond motifs is 1. The number of hydrogen-bond donors (Lipinski definition) is 1. The van der Waals surface area contributed by atoms with Crippen molar-refractivity contribution in [3.8, 4) is 0 Å². The van der Waals surface area contributed by atoms with Gasteiger partial charge < -0.3 is 5.73 Å². The summed E-state index contributed by atoms with van der Waals surface area (Å²) in [6.07, 6.45) is 2.03. The van der Waals surface area contributed by atoms with Gasteiger partial charge in [0.15, 0.2) is 0 Å². The second kappa shape index (κ2) is 4.58. The van der Waals surface area contributed by atoms with Gasteiger partial charge >= 0.3 is 0 Å². The summed E-state index contributed by atoms with van der Waals surface area (Å²) in [5.74, 6) is 0. The molecule has 0 bridgehead atoms. The lowest BCUT2D eigenvalue weighted by Crippen LogP contribution is -2.11. The van der Waals surface area contributed by atoms with Crippen LogP contribution in [0.15, 0.2) is 30.3 Å². The minimum absolute atomic E-state index is 0.441. The standard InChI is InChI=1S/C13H14N2S/c1-2-5-9-8-11(13(14)16)10-6-3-4-7-12(10)15-9/h3-4,6-8H,2,5H2,1H3,(H2,14,16). The normalized spacial score (nSPS) is 10.6. The summed E-state index contributed by atoms with van der Waals surface area (Å²) in [7, 11) is 0. The molecule has 1 aromatic heterocycles. The van der Waals surface area contributed by atoms with E-state index >= 15 is 0 Å². The van der Waals surface area contributed by atoms with Crippen molar-refractivity contribution in [3.05, 3.63) is 41.6 Å². The van der Waals surface area contributed by atoms with E-state index in [1.54, 1.807) is 0 Å². The molecular formula is C13H14N2S. The Labute approximate surface area is 100 Å². The van der Waals surface area contributed by atoms with Crippen molar-refractivity contribution in [2.45, 2.75) is 19.8 Å². The Morgan fingerprint density at radius 2 is 2.12 bits per heavy atom. The van der Waals surface area contributed by atoms with Crippen LogP contribution in [0.3, 0.4) is 0 Å². The molecule has 0 saturated carbocycles. The quantitative estimate of drug-likeness (QED) is 0.824. The summed E-state index contributed by atoms with van der Waals surface area (Å²) in [4.78, 5) is 5.03. The highest BCUT2D eigenvalue weighted by Gasteiger charge is 2.06. The number of rotatable bonds is 3. The maximum atomic E-state index is 5.75. The molecule has 0 atom stereocenters. The molecule has 1 aromatic carbocycles. The first-order valence-electron chi connectivity index (χ1n) is 5.41. The van der Waals surface area contributed by atoms with Crippen LogP contribution in [-0.4, -0.2) is 9.97 Å². The largest absolute Gasteiger partial charge is 0.389 e. The Hall–Kier alpha value is -1.48. The zero-order valence-electron chi connectivity index (χ0n) is 9.23. The van der Waals surface area contributed by atoms with Crippen LogP contribution in [0.25, 0.3) is 10.9 Å². The smallest absolute Gasteiger partial charge is 0.104 e. The SMILES string of the molecule is CCCc1cc(C(N)=S)c2ccccc2n1. The third-order valence-corrected chi connectivity index (χ3v) is 2.76. The molecule has 2 aromatic rings. The van der Waals surface area contributed by atoms with Crippen LogP contribution in [0.5, 0.6) is 0 Å². The summed E-state index contributed by atoms with van der Waals surface area (Å²) in [6.45, 7) is 2.14. The number of aryl methyl sites for hydroxylation is 1. The number of pyridine rings is 1. The topological polar surface area (TPSA) is 38.9 Å². The van der Waals surface area contributed by atoms with Crippen LogP contribution in [0.4, 0.5) is 0 Å². The number of nitrogens with zero attached hydrogens (tertiary/aromatic N) is 1. The van der Waals surface area contributed by atoms with Crippen LogP contribution in [-0.2, 0) is 6.42 Å². The maximum absolute atomic E-state index is 5.75. The number of para-hydroxylation sites is 1. The van der Waals surface area contributed by atoms with Crippen molar-refractivity contribution in [1.29, 1.82) is 0 Å². The number of nitrogens with two attached hydrogens (primary N) is 1. The molecule has 0 radical (unpaired) electrons. The minimum atomic E-state index is 0.441. The van der Waals surface area contributed by atoms with Crippen molar-refractivity contribution in [3.63, 3.8) is 0 Å². The average molecular weight is 230 g/mol. The lowest BCUT2D eigenvalue weighted by molar-refractivity contribution is 0.889. The first-order chi connectivity index (χ1) is 7.72. The van der Waals surface area contributed by atoms with Gasteiger partial charge in [-0.2, -0.15) is 0 Å². The fourth-order valence-electron chi connectivity index (χ4n) is 1.82. The molecule has 1 heterocycles. The maximum Gasteiger partial charge on any atom is 0.104 e. The van der Waals surface area contributed by atoms with Crippen LogP contribution in [0, 0.1) is 0 Å². The average Bonchev–Trinajstić information content (AvgIpc) is 2.28. The molecule has 0 fully saturated rings. The van der Waals surface area contributed by atoms with Gasteiger partial charge in [-0.15, -0.1) is 0 Å². The van der Waals surface area contributed by atoms with Crippen LogP contribution >= 0.6 is 12.2 Å². The summed E-state index contributed by atoms with van der Waals surface area (Å²) in [6, 6.07) is 9.97. The van der Waals surface area contributed by atoms with E-state index in [0.29, 0.717) is 4.99 Å². The van der Waals surface area contributed by atoms with Gasteiger partial charge in [-0.3, -0.25) is 4.98 Å². The van der Waals surface area contributed by atoms with Crippen LogP contribution in [0.2, 0.25) is 0 Å². The Balaban J connectivity index is 2.68. The molecule has 82 valence electrons. The zero-order valence-corrected chi connectivity index (χ0v) is 10.1. The van der Waals surface area contributed by atoms with Gasteiger partial charge in [0.25, 0.3) is 0 Å². The summed E-state index contributed by atoms with van der Waals surface area (Å²) < 4.78 is 0. The molecule has 2 N–H and O–H groups in total. The third-order valence-electron chi connectivity index (χ3n) is 2.54. The van der Waals surface area contributed by atoms with E-state index in [2.05, 4.69) is 11.9 Å². The highest BCUT2D eigenvalue weighted by atomic mass is 32.1. The molecule has 2 rings (SSSR count). The van der Waals surface area contributed by atoms with Crippen molar-refractivity contribution in [2.24, 2.45) is 5.73 Å². The summed E-state index contributed by atoms with van der Waals surface area (Å²) in [5, 5.41) is 1.04. The van der Waals surface area contributed by atoms with E-state index in [1.807, 2.05) is 30.3 Å². The van der Waals surface area contributed by atoms with Gasteiger partial charge in [-0.05, 0) is 18.6 Å². The molecular weight excluding hydrogens is 216 g/mol. The van der Waals surface area contributed by atoms with Crippen molar-refractivity contribution < 1.29 is 0 Å².